The van der Waals surface area contributed by atoms with E-state index in [1.165, 1.54) is 0 Å². The zero-order valence-electron chi connectivity index (χ0n) is 14.5. The van der Waals surface area contributed by atoms with Crippen molar-refractivity contribution in [1.29, 1.82) is 0 Å². The highest BCUT2D eigenvalue weighted by Crippen LogP contribution is 2.32. The molecule has 3 heterocycles. The predicted octanol–water partition coefficient (Wildman–Crippen LogP) is 3.95. The molecule has 0 saturated carbocycles. The van der Waals surface area contributed by atoms with Gasteiger partial charge in [-0.1, -0.05) is 25.1 Å². The molecule has 0 aliphatic carbocycles. The van der Waals surface area contributed by atoms with Crippen molar-refractivity contribution in [3.05, 3.63) is 54.1 Å². The third kappa shape index (κ3) is 3.18. The summed E-state index contributed by atoms with van der Waals surface area (Å²) in [6.45, 7) is 3.13. The van der Waals surface area contributed by atoms with Gasteiger partial charge in [0.25, 0.3) is 0 Å². The topological polar surface area (TPSA) is 51.3 Å². The van der Waals surface area contributed by atoms with Crippen molar-refractivity contribution in [2.24, 2.45) is 0 Å². The lowest BCUT2D eigenvalue weighted by atomic mass is 10.00. The van der Waals surface area contributed by atoms with Gasteiger partial charge in [0.2, 0.25) is 5.91 Å². The van der Waals surface area contributed by atoms with Crippen LogP contribution in [0.3, 0.4) is 0 Å². The summed E-state index contributed by atoms with van der Waals surface area (Å²) in [4.78, 5) is 14.9. The van der Waals surface area contributed by atoms with Gasteiger partial charge >= 0.3 is 0 Å². The molecule has 0 spiro atoms. The van der Waals surface area contributed by atoms with Gasteiger partial charge in [0.15, 0.2) is 0 Å². The number of nitrogens with zero attached hydrogens (tertiary/aromatic N) is 3. The average Bonchev–Trinajstić information content (AvgIpc) is 3.27. The molecule has 1 aliphatic heterocycles. The monoisotopic (exact) mass is 337 g/mol. The van der Waals surface area contributed by atoms with Crippen LogP contribution in [0.1, 0.15) is 43.7 Å². The van der Waals surface area contributed by atoms with Crippen LogP contribution in [-0.4, -0.2) is 27.1 Å². The Bertz CT molecular complexity index is 847. The molecule has 0 N–H and O–H groups in total. The Labute approximate surface area is 147 Å². The number of hydrogen-bond donors (Lipinski definition) is 0. The minimum Gasteiger partial charge on any atom is -0.464 e. The number of likely N-dealkylation sites (tertiary alicyclic amines) is 1. The highest BCUT2D eigenvalue weighted by atomic mass is 16.3. The Morgan fingerprint density at radius 1 is 1.24 bits per heavy atom. The number of rotatable bonds is 4. The molecule has 1 aromatic carbocycles. The quantitative estimate of drug-likeness (QED) is 0.724. The van der Waals surface area contributed by atoms with Crippen LogP contribution in [0.15, 0.2) is 47.0 Å². The van der Waals surface area contributed by atoms with Gasteiger partial charge in [-0.25, -0.2) is 0 Å². The van der Waals surface area contributed by atoms with Crippen LogP contribution in [0.5, 0.6) is 0 Å². The van der Waals surface area contributed by atoms with Gasteiger partial charge in [0.1, 0.15) is 18.1 Å². The second-order valence-electron chi connectivity index (χ2n) is 6.64. The molecular weight excluding hydrogens is 314 g/mol. The van der Waals surface area contributed by atoms with Crippen molar-refractivity contribution in [2.45, 2.75) is 45.2 Å². The Morgan fingerprint density at radius 2 is 2.12 bits per heavy atom. The molecule has 1 atom stereocenters. The third-order valence-corrected chi connectivity index (χ3v) is 4.94. The fraction of sp³-hybridized carbons (Fsp3) is 0.400. The van der Waals surface area contributed by atoms with Crippen molar-refractivity contribution in [3.8, 4) is 0 Å². The van der Waals surface area contributed by atoms with Gasteiger partial charge in [-0.05, 0) is 37.5 Å². The summed E-state index contributed by atoms with van der Waals surface area (Å²) in [7, 11) is 0. The standard InChI is InChI=1S/C20H23N3O2/c1-2-16-10-11-19(25-16)18-9-5-6-12-23(18)20(24)14-22-13-15-7-3-4-8-17(15)21-22/h3-4,7-8,10-11,13,18H,2,5-6,9,12,14H2,1H3. The van der Waals surface area contributed by atoms with E-state index >= 15 is 0 Å². The van der Waals surface area contributed by atoms with Crippen LogP contribution >= 0.6 is 0 Å². The molecule has 1 saturated heterocycles. The normalized spacial score (nSPS) is 18.0. The van der Waals surface area contributed by atoms with Crippen LogP contribution < -0.4 is 0 Å². The van der Waals surface area contributed by atoms with Gasteiger partial charge in [-0.15, -0.1) is 0 Å². The van der Waals surface area contributed by atoms with Crippen molar-refractivity contribution in [3.63, 3.8) is 0 Å². The molecule has 0 bridgehead atoms. The fourth-order valence-corrected chi connectivity index (χ4v) is 3.62. The first-order valence-electron chi connectivity index (χ1n) is 9.05. The van der Waals surface area contributed by atoms with Crippen molar-refractivity contribution >= 4 is 16.8 Å². The summed E-state index contributed by atoms with van der Waals surface area (Å²) in [6.07, 6.45) is 5.95. The minimum atomic E-state index is 0.0477. The smallest absolute Gasteiger partial charge is 0.244 e. The second kappa shape index (κ2) is 6.75. The molecule has 0 radical (unpaired) electrons. The number of carbonyl (C=O) groups excluding carboxylic acids is 1. The summed E-state index contributed by atoms with van der Waals surface area (Å²) in [6, 6.07) is 12.0. The second-order valence-corrected chi connectivity index (χ2v) is 6.64. The maximum atomic E-state index is 12.9. The minimum absolute atomic E-state index is 0.0477. The first-order valence-corrected chi connectivity index (χ1v) is 9.05. The first kappa shape index (κ1) is 15.9. The summed E-state index contributed by atoms with van der Waals surface area (Å²) in [5.74, 6) is 1.99. The molecule has 1 fully saturated rings. The number of benzene rings is 1. The Kier molecular flexibility index (Phi) is 4.30. The van der Waals surface area contributed by atoms with Crippen molar-refractivity contribution in [1.82, 2.24) is 14.7 Å². The zero-order chi connectivity index (χ0) is 17.2. The number of hydrogen-bond acceptors (Lipinski definition) is 3. The SMILES string of the molecule is CCc1ccc(C2CCCCN2C(=O)Cn2cc3ccccc3n2)o1. The molecule has 5 heteroatoms. The van der Waals surface area contributed by atoms with Gasteiger partial charge in [-0.2, -0.15) is 5.10 Å². The molecule has 25 heavy (non-hydrogen) atoms. The van der Waals surface area contributed by atoms with E-state index in [0.29, 0.717) is 0 Å². The van der Waals surface area contributed by atoms with Gasteiger partial charge in [0.05, 0.1) is 11.6 Å². The Balaban J connectivity index is 1.54. The van der Waals surface area contributed by atoms with E-state index in [4.69, 9.17) is 4.42 Å². The van der Waals surface area contributed by atoms with E-state index in [0.717, 1.165) is 54.7 Å². The number of furan rings is 1. The van der Waals surface area contributed by atoms with E-state index in [1.54, 1.807) is 4.68 Å². The number of amides is 1. The Morgan fingerprint density at radius 3 is 2.92 bits per heavy atom. The highest BCUT2D eigenvalue weighted by Gasteiger charge is 2.30. The lowest BCUT2D eigenvalue weighted by molar-refractivity contribution is -0.136. The number of aryl methyl sites for hydroxylation is 1. The van der Waals surface area contributed by atoms with E-state index in [9.17, 15) is 4.79 Å². The van der Waals surface area contributed by atoms with Crippen LogP contribution in [0.25, 0.3) is 10.9 Å². The largest absolute Gasteiger partial charge is 0.464 e. The molecule has 1 aliphatic rings. The number of fused-ring (bicyclic) bond motifs is 1. The third-order valence-electron chi connectivity index (χ3n) is 4.94. The number of aromatic nitrogens is 2. The van der Waals surface area contributed by atoms with Crippen molar-refractivity contribution in [2.75, 3.05) is 6.54 Å². The molecule has 4 rings (SSSR count). The van der Waals surface area contributed by atoms with Crippen LogP contribution in [-0.2, 0) is 17.8 Å². The van der Waals surface area contributed by atoms with Crippen LogP contribution in [0.4, 0.5) is 0 Å². The van der Waals surface area contributed by atoms with Gasteiger partial charge in [0, 0.05) is 24.5 Å². The lowest BCUT2D eigenvalue weighted by Crippen LogP contribution is -2.40. The van der Waals surface area contributed by atoms with Gasteiger partial charge in [-0.3, -0.25) is 9.48 Å². The zero-order valence-corrected chi connectivity index (χ0v) is 14.5. The summed E-state index contributed by atoms with van der Waals surface area (Å²) < 4.78 is 7.68. The predicted molar refractivity (Wildman–Crippen MR) is 96.1 cm³/mol. The molecule has 5 nitrogen and oxygen atoms in total. The molecule has 2 aromatic heterocycles. The molecular formula is C20H23N3O2. The van der Waals surface area contributed by atoms with E-state index in [1.807, 2.05) is 47.5 Å². The molecule has 130 valence electrons. The Hall–Kier alpha value is -2.56. The molecule has 1 amide bonds. The number of piperidine rings is 1. The fourth-order valence-electron chi connectivity index (χ4n) is 3.62. The highest BCUT2D eigenvalue weighted by molar-refractivity contribution is 5.80. The summed E-state index contributed by atoms with van der Waals surface area (Å²) >= 11 is 0. The molecule has 1 unspecified atom stereocenters. The maximum absolute atomic E-state index is 12.9. The lowest BCUT2D eigenvalue weighted by Gasteiger charge is -2.34. The molecule has 3 aromatic rings. The van der Waals surface area contributed by atoms with Crippen molar-refractivity contribution < 1.29 is 9.21 Å². The summed E-state index contributed by atoms with van der Waals surface area (Å²) in [5, 5.41) is 5.57. The van der Waals surface area contributed by atoms with E-state index in [2.05, 4.69) is 12.0 Å². The maximum Gasteiger partial charge on any atom is 0.244 e. The van der Waals surface area contributed by atoms with Crippen LogP contribution in [0, 0.1) is 0 Å². The average molecular weight is 337 g/mol. The van der Waals surface area contributed by atoms with E-state index < -0.39 is 0 Å². The van der Waals surface area contributed by atoms with E-state index in [-0.39, 0.29) is 18.5 Å². The first-order chi connectivity index (χ1) is 12.2. The van der Waals surface area contributed by atoms with Gasteiger partial charge < -0.3 is 9.32 Å². The van der Waals surface area contributed by atoms with Crippen LogP contribution in [0.2, 0.25) is 0 Å². The summed E-state index contributed by atoms with van der Waals surface area (Å²) in [5.41, 5.74) is 0.920. The number of carbonyl (C=O) groups is 1.